The van der Waals surface area contributed by atoms with Crippen molar-refractivity contribution in [2.75, 3.05) is 13.6 Å². The third-order valence-corrected chi connectivity index (χ3v) is 1.88. The fraction of sp³-hybridized carbons (Fsp3) is 0.556. The average molecular weight is 182 g/mol. The van der Waals surface area contributed by atoms with Crippen molar-refractivity contribution in [3.8, 4) is 6.07 Å². The number of likely N-dealkylation sites (N-methyl/N-ethyl adjacent to an activating group) is 1. The van der Waals surface area contributed by atoms with Crippen LogP contribution in [0.15, 0.2) is 12.2 Å². The Kier molecular flexibility index (Phi) is 4.78. The first kappa shape index (κ1) is 11.7. The fourth-order valence-electron chi connectivity index (χ4n) is 0.812. The van der Waals surface area contributed by atoms with Gasteiger partial charge in [0.15, 0.2) is 0 Å². The highest BCUT2D eigenvalue weighted by molar-refractivity contribution is 5.86. The summed E-state index contributed by atoms with van der Waals surface area (Å²) in [5, 5.41) is 17.0. The zero-order valence-electron chi connectivity index (χ0n) is 7.95. The zero-order valence-corrected chi connectivity index (χ0v) is 7.95. The predicted molar refractivity (Wildman–Crippen MR) is 49.1 cm³/mol. The van der Waals surface area contributed by atoms with Crippen LogP contribution in [-0.2, 0) is 4.79 Å². The van der Waals surface area contributed by atoms with Crippen LogP contribution in [0.4, 0.5) is 0 Å². The van der Waals surface area contributed by atoms with E-state index in [4.69, 9.17) is 10.4 Å². The summed E-state index contributed by atoms with van der Waals surface area (Å²) < 4.78 is 0. The molecular formula is C9H14N2O2. The van der Waals surface area contributed by atoms with E-state index in [1.165, 1.54) is 0 Å². The number of nitrogens with zero attached hydrogens (tertiary/aromatic N) is 2. The maximum Gasteiger partial charge on any atom is 0.332 e. The number of carboxylic acids is 1. The van der Waals surface area contributed by atoms with Crippen molar-refractivity contribution in [1.29, 1.82) is 5.26 Å². The molecular weight excluding hydrogens is 168 g/mol. The van der Waals surface area contributed by atoms with E-state index >= 15 is 0 Å². The Bertz CT molecular complexity index is 242. The molecule has 1 N–H and O–H groups in total. The number of hydrogen-bond acceptors (Lipinski definition) is 3. The molecule has 72 valence electrons. The summed E-state index contributed by atoms with van der Waals surface area (Å²) in [5.41, 5.74) is 0.146. The Labute approximate surface area is 78.1 Å². The van der Waals surface area contributed by atoms with E-state index < -0.39 is 5.97 Å². The molecule has 4 heteroatoms. The summed E-state index contributed by atoms with van der Waals surface area (Å²) in [4.78, 5) is 12.2. The highest BCUT2D eigenvalue weighted by Gasteiger charge is 2.12. The molecule has 0 saturated heterocycles. The lowest BCUT2D eigenvalue weighted by molar-refractivity contribution is -0.132. The number of nitriles is 1. The quantitative estimate of drug-likeness (QED) is 0.640. The van der Waals surface area contributed by atoms with Crippen LogP contribution in [0.2, 0.25) is 0 Å². The molecule has 0 fully saturated rings. The standard InChI is InChI=1S/C9H14N2O2/c1-7(9(12)13)6-11(3)8(2)4-5-10/h8H,1,4,6H2,2-3H3,(H,12,13). The third-order valence-electron chi connectivity index (χ3n) is 1.88. The van der Waals surface area contributed by atoms with Gasteiger partial charge in [0.25, 0.3) is 0 Å². The smallest absolute Gasteiger partial charge is 0.332 e. The van der Waals surface area contributed by atoms with Gasteiger partial charge in [-0.25, -0.2) is 4.79 Å². The second-order valence-electron chi connectivity index (χ2n) is 3.04. The molecule has 0 aromatic rings. The van der Waals surface area contributed by atoms with Crippen molar-refractivity contribution in [3.05, 3.63) is 12.2 Å². The van der Waals surface area contributed by atoms with Crippen LogP contribution in [-0.4, -0.2) is 35.6 Å². The first-order valence-corrected chi connectivity index (χ1v) is 3.97. The fourth-order valence-corrected chi connectivity index (χ4v) is 0.812. The molecule has 0 aliphatic heterocycles. The number of carboxylic acid groups (broad SMARTS) is 1. The molecule has 0 bridgehead atoms. The molecule has 4 nitrogen and oxygen atoms in total. The summed E-state index contributed by atoms with van der Waals surface area (Å²) >= 11 is 0. The van der Waals surface area contributed by atoms with Crippen molar-refractivity contribution < 1.29 is 9.90 Å². The summed E-state index contributed by atoms with van der Waals surface area (Å²) in [6.45, 7) is 5.58. The normalized spacial score (nSPS) is 12.2. The Balaban J connectivity index is 4.00. The molecule has 13 heavy (non-hydrogen) atoms. The van der Waals surface area contributed by atoms with Crippen LogP contribution in [0.5, 0.6) is 0 Å². The van der Waals surface area contributed by atoms with Gasteiger partial charge in [-0.05, 0) is 14.0 Å². The topological polar surface area (TPSA) is 64.3 Å². The summed E-state index contributed by atoms with van der Waals surface area (Å²) in [5.74, 6) is -0.990. The minimum absolute atomic E-state index is 0.0566. The molecule has 0 radical (unpaired) electrons. The molecule has 0 aliphatic rings. The van der Waals surface area contributed by atoms with Gasteiger partial charge in [0.1, 0.15) is 0 Å². The van der Waals surface area contributed by atoms with E-state index in [-0.39, 0.29) is 18.2 Å². The van der Waals surface area contributed by atoms with Crippen LogP contribution < -0.4 is 0 Å². The first-order valence-electron chi connectivity index (χ1n) is 3.97. The average Bonchev–Trinajstić information content (AvgIpc) is 2.04. The van der Waals surface area contributed by atoms with Crippen LogP contribution >= 0.6 is 0 Å². The largest absolute Gasteiger partial charge is 0.478 e. The Hall–Kier alpha value is -1.34. The summed E-state index contributed by atoms with van der Waals surface area (Å²) in [6, 6.07) is 2.09. The van der Waals surface area contributed by atoms with E-state index in [0.717, 1.165) is 0 Å². The van der Waals surface area contributed by atoms with Gasteiger partial charge in [-0.1, -0.05) is 6.58 Å². The number of rotatable bonds is 5. The monoisotopic (exact) mass is 182 g/mol. The molecule has 0 rings (SSSR count). The van der Waals surface area contributed by atoms with Crippen molar-refractivity contribution >= 4 is 5.97 Å². The van der Waals surface area contributed by atoms with Gasteiger partial charge in [0.05, 0.1) is 12.5 Å². The summed E-state index contributed by atoms with van der Waals surface area (Å²) in [6.07, 6.45) is 0.392. The zero-order chi connectivity index (χ0) is 10.4. The van der Waals surface area contributed by atoms with E-state index in [1.54, 1.807) is 11.9 Å². The van der Waals surface area contributed by atoms with Crippen LogP contribution in [0, 0.1) is 11.3 Å². The summed E-state index contributed by atoms with van der Waals surface area (Å²) in [7, 11) is 1.77. The Morgan fingerprint density at radius 3 is 2.69 bits per heavy atom. The molecule has 1 atom stereocenters. The van der Waals surface area contributed by atoms with Crippen LogP contribution in [0.25, 0.3) is 0 Å². The van der Waals surface area contributed by atoms with Crippen molar-refractivity contribution in [1.82, 2.24) is 4.90 Å². The van der Waals surface area contributed by atoms with E-state index in [0.29, 0.717) is 6.42 Å². The van der Waals surface area contributed by atoms with E-state index in [9.17, 15) is 4.79 Å². The maximum absolute atomic E-state index is 10.4. The lowest BCUT2D eigenvalue weighted by Gasteiger charge is -2.22. The highest BCUT2D eigenvalue weighted by Crippen LogP contribution is 2.03. The number of aliphatic carboxylic acids is 1. The molecule has 0 amide bonds. The maximum atomic E-state index is 10.4. The Morgan fingerprint density at radius 1 is 1.77 bits per heavy atom. The van der Waals surface area contributed by atoms with Crippen molar-refractivity contribution in [3.63, 3.8) is 0 Å². The van der Waals surface area contributed by atoms with Crippen LogP contribution in [0.3, 0.4) is 0 Å². The molecule has 0 aliphatic carbocycles. The highest BCUT2D eigenvalue weighted by atomic mass is 16.4. The van der Waals surface area contributed by atoms with Crippen molar-refractivity contribution in [2.45, 2.75) is 19.4 Å². The molecule has 1 unspecified atom stereocenters. The van der Waals surface area contributed by atoms with Gasteiger partial charge < -0.3 is 5.11 Å². The second-order valence-corrected chi connectivity index (χ2v) is 3.04. The first-order chi connectivity index (χ1) is 5.99. The Morgan fingerprint density at radius 2 is 2.31 bits per heavy atom. The van der Waals surface area contributed by atoms with Crippen LogP contribution in [0.1, 0.15) is 13.3 Å². The van der Waals surface area contributed by atoms with E-state index in [1.807, 2.05) is 13.0 Å². The number of hydrogen-bond donors (Lipinski definition) is 1. The molecule has 0 aromatic heterocycles. The molecule has 0 saturated carbocycles. The molecule has 0 spiro atoms. The lowest BCUT2D eigenvalue weighted by atomic mass is 10.2. The van der Waals surface area contributed by atoms with Gasteiger partial charge in [0, 0.05) is 18.2 Å². The van der Waals surface area contributed by atoms with Gasteiger partial charge in [0.2, 0.25) is 0 Å². The second kappa shape index (κ2) is 5.33. The minimum Gasteiger partial charge on any atom is -0.478 e. The minimum atomic E-state index is -0.990. The van der Waals surface area contributed by atoms with Gasteiger partial charge in [-0.15, -0.1) is 0 Å². The lowest BCUT2D eigenvalue weighted by Crippen LogP contribution is -2.31. The third kappa shape index (κ3) is 4.28. The van der Waals surface area contributed by atoms with Crippen molar-refractivity contribution in [2.24, 2.45) is 0 Å². The number of carbonyl (C=O) groups is 1. The SMILES string of the molecule is C=C(CN(C)C(C)CC#N)C(=O)O. The molecule has 0 heterocycles. The predicted octanol–water partition coefficient (Wildman–Crippen LogP) is 0.861. The van der Waals surface area contributed by atoms with Gasteiger partial charge in [-0.2, -0.15) is 5.26 Å². The van der Waals surface area contributed by atoms with Gasteiger partial charge >= 0.3 is 5.97 Å². The van der Waals surface area contributed by atoms with Gasteiger partial charge in [-0.3, -0.25) is 4.90 Å². The van der Waals surface area contributed by atoms with E-state index in [2.05, 4.69) is 6.58 Å². The molecule has 0 aromatic carbocycles.